The van der Waals surface area contributed by atoms with Crippen LogP contribution >= 0.6 is 0 Å². The van der Waals surface area contributed by atoms with Crippen molar-refractivity contribution in [1.82, 2.24) is 0 Å². The number of ether oxygens (including phenoxy) is 3. The molecule has 0 aromatic carbocycles. The predicted molar refractivity (Wildman–Crippen MR) is 344 cm³/mol. The molecule has 6 nitrogen and oxygen atoms in total. The standard InChI is InChI=1S/C73H132O6/c1-4-7-10-13-16-19-22-25-27-29-30-31-32-33-34-35-36-37-38-39-40-41-42-44-45-48-51-54-57-60-63-66-72(75)78-69-70(68-77-71(74)65-62-59-56-53-50-47-24-21-18-15-12-9-6-3)79-73(76)67-64-61-58-55-52-49-46-43-28-26-23-20-17-14-11-8-5-2/h12,15,17,20-21,24,26,28-30,70H,4-11,13-14,16,18-19,22-23,25,27,31-69H2,1-3H3/b15-12-,20-17-,24-21-,28-26-,30-29-. The molecule has 460 valence electrons. The second-order valence-electron chi connectivity index (χ2n) is 23.4. The molecule has 0 heterocycles. The highest BCUT2D eigenvalue weighted by Crippen LogP contribution is 2.18. The number of carbonyl (C=O) groups excluding carboxylic acids is 3. The van der Waals surface area contributed by atoms with E-state index in [1.165, 1.54) is 231 Å². The summed E-state index contributed by atoms with van der Waals surface area (Å²) in [6, 6.07) is 0. The van der Waals surface area contributed by atoms with Gasteiger partial charge in [0.25, 0.3) is 0 Å². The van der Waals surface area contributed by atoms with Gasteiger partial charge in [0.15, 0.2) is 6.10 Å². The van der Waals surface area contributed by atoms with Crippen molar-refractivity contribution >= 4 is 17.9 Å². The number of carbonyl (C=O) groups is 3. The van der Waals surface area contributed by atoms with Gasteiger partial charge in [-0.2, -0.15) is 0 Å². The summed E-state index contributed by atoms with van der Waals surface area (Å²) in [7, 11) is 0. The van der Waals surface area contributed by atoms with Crippen molar-refractivity contribution in [2.24, 2.45) is 0 Å². The molecule has 0 aliphatic rings. The van der Waals surface area contributed by atoms with E-state index in [2.05, 4.69) is 81.5 Å². The molecule has 0 rings (SSSR count). The lowest BCUT2D eigenvalue weighted by molar-refractivity contribution is -0.167. The van der Waals surface area contributed by atoms with E-state index >= 15 is 0 Å². The van der Waals surface area contributed by atoms with Crippen molar-refractivity contribution in [2.45, 2.75) is 374 Å². The predicted octanol–water partition coefficient (Wildman–Crippen LogP) is 23.9. The zero-order valence-electron chi connectivity index (χ0n) is 52.9. The number of unbranched alkanes of at least 4 members (excludes halogenated alkanes) is 43. The quantitative estimate of drug-likeness (QED) is 0.0261. The first-order valence-electron chi connectivity index (χ1n) is 34.8. The number of rotatable bonds is 64. The SMILES string of the molecule is CCC/C=C\C/C=C\CCCCCCCC(=O)OCC(COC(=O)CCCCCCCCCCCCCCCCCCCCC/C=C\CCCCCCCCCC)OC(=O)CCCCCCCCC/C=C\C/C=C\CCCCC. The molecular weight excluding hydrogens is 973 g/mol. The molecule has 0 aromatic rings. The highest BCUT2D eigenvalue weighted by atomic mass is 16.6. The Balaban J connectivity index is 4.16. The van der Waals surface area contributed by atoms with Gasteiger partial charge in [-0.3, -0.25) is 14.4 Å². The van der Waals surface area contributed by atoms with E-state index < -0.39 is 6.10 Å². The monoisotopic (exact) mass is 1110 g/mol. The van der Waals surface area contributed by atoms with Gasteiger partial charge in [-0.1, -0.05) is 306 Å². The fraction of sp³-hybridized carbons (Fsp3) is 0.822. The second-order valence-corrected chi connectivity index (χ2v) is 23.4. The lowest BCUT2D eigenvalue weighted by Crippen LogP contribution is -2.30. The van der Waals surface area contributed by atoms with Crippen LogP contribution in [0.1, 0.15) is 367 Å². The van der Waals surface area contributed by atoms with Crippen LogP contribution in [0.15, 0.2) is 60.8 Å². The largest absolute Gasteiger partial charge is 0.462 e. The highest BCUT2D eigenvalue weighted by molar-refractivity contribution is 5.71. The molecule has 0 N–H and O–H groups in total. The molecule has 0 saturated carbocycles. The summed E-state index contributed by atoms with van der Waals surface area (Å²) >= 11 is 0. The Labute approximate surface area is 491 Å². The van der Waals surface area contributed by atoms with Crippen LogP contribution in [0.2, 0.25) is 0 Å². The molecule has 0 aromatic heterocycles. The first-order valence-corrected chi connectivity index (χ1v) is 34.8. The van der Waals surface area contributed by atoms with Crippen LogP contribution in [-0.4, -0.2) is 37.2 Å². The van der Waals surface area contributed by atoms with Crippen LogP contribution in [-0.2, 0) is 28.6 Å². The Morgan fingerprint density at radius 3 is 0.785 bits per heavy atom. The van der Waals surface area contributed by atoms with Gasteiger partial charge >= 0.3 is 17.9 Å². The number of esters is 3. The van der Waals surface area contributed by atoms with E-state index in [4.69, 9.17) is 14.2 Å². The summed E-state index contributed by atoms with van der Waals surface area (Å²) in [5, 5.41) is 0. The summed E-state index contributed by atoms with van der Waals surface area (Å²) < 4.78 is 16.9. The van der Waals surface area contributed by atoms with Crippen molar-refractivity contribution in [3.63, 3.8) is 0 Å². The minimum absolute atomic E-state index is 0.0790. The number of hydrogen-bond acceptors (Lipinski definition) is 6. The molecule has 1 unspecified atom stereocenters. The normalized spacial score (nSPS) is 12.4. The fourth-order valence-electron chi connectivity index (χ4n) is 10.2. The molecule has 0 fully saturated rings. The van der Waals surface area contributed by atoms with Gasteiger partial charge in [-0.15, -0.1) is 0 Å². The van der Waals surface area contributed by atoms with Gasteiger partial charge in [0.05, 0.1) is 0 Å². The lowest BCUT2D eigenvalue weighted by Gasteiger charge is -2.18. The maximum absolute atomic E-state index is 12.9. The first-order chi connectivity index (χ1) is 39.0. The Kier molecular flexibility index (Phi) is 65.1. The average Bonchev–Trinajstić information content (AvgIpc) is 3.45. The Hall–Kier alpha value is -2.89. The van der Waals surface area contributed by atoms with Crippen LogP contribution in [0.4, 0.5) is 0 Å². The molecule has 1 atom stereocenters. The van der Waals surface area contributed by atoms with E-state index in [0.717, 1.165) is 96.3 Å². The van der Waals surface area contributed by atoms with Crippen LogP contribution < -0.4 is 0 Å². The minimum atomic E-state index is -0.784. The van der Waals surface area contributed by atoms with E-state index in [-0.39, 0.29) is 31.1 Å². The zero-order valence-corrected chi connectivity index (χ0v) is 52.9. The number of allylic oxidation sites excluding steroid dienone is 10. The van der Waals surface area contributed by atoms with Crippen LogP contribution in [0, 0.1) is 0 Å². The third-order valence-electron chi connectivity index (χ3n) is 15.4. The van der Waals surface area contributed by atoms with Gasteiger partial charge in [0.2, 0.25) is 0 Å². The van der Waals surface area contributed by atoms with E-state index in [1.54, 1.807) is 0 Å². The summed E-state index contributed by atoms with van der Waals surface area (Å²) in [4.78, 5) is 38.3. The van der Waals surface area contributed by atoms with Crippen LogP contribution in [0.5, 0.6) is 0 Å². The topological polar surface area (TPSA) is 78.9 Å². The van der Waals surface area contributed by atoms with Gasteiger partial charge in [0.1, 0.15) is 13.2 Å². The zero-order chi connectivity index (χ0) is 57.1. The summed E-state index contributed by atoms with van der Waals surface area (Å²) in [5.74, 6) is -0.883. The third-order valence-corrected chi connectivity index (χ3v) is 15.4. The summed E-state index contributed by atoms with van der Waals surface area (Å²) in [5.41, 5.74) is 0. The second kappa shape index (κ2) is 67.6. The Morgan fingerprint density at radius 1 is 0.253 bits per heavy atom. The van der Waals surface area contributed by atoms with Gasteiger partial charge in [-0.25, -0.2) is 0 Å². The maximum atomic E-state index is 12.9. The third kappa shape index (κ3) is 65.8. The molecular formula is C73H132O6. The molecule has 79 heavy (non-hydrogen) atoms. The van der Waals surface area contributed by atoms with Gasteiger partial charge < -0.3 is 14.2 Å². The van der Waals surface area contributed by atoms with Crippen LogP contribution in [0.25, 0.3) is 0 Å². The van der Waals surface area contributed by atoms with E-state index in [1.807, 2.05) is 0 Å². The Bertz CT molecular complexity index is 1410. The van der Waals surface area contributed by atoms with Gasteiger partial charge in [-0.05, 0) is 103 Å². The van der Waals surface area contributed by atoms with Crippen molar-refractivity contribution in [1.29, 1.82) is 0 Å². The summed E-state index contributed by atoms with van der Waals surface area (Å²) in [6.07, 6.45) is 86.9. The maximum Gasteiger partial charge on any atom is 0.306 e. The fourth-order valence-corrected chi connectivity index (χ4v) is 10.2. The van der Waals surface area contributed by atoms with Crippen LogP contribution in [0.3, 0.4) is 0 Å². The number of hydrogen-bond donors (Lipinski definition) is 0. The molecule has 0 amide bonds. The molecule has 0 radical (unpaired) electrons. The summed E-state index contributed by atoms with van der Waals surface area (Å²) in [6.45, 7) is 6.58. The van der Waals surface area contributed by atoms with E-state index in [0.29, 0.717) is 19.3 Å². The Morgan fingerprint density at radius 2 is 0.481 bits per heavy atom. The smallest absolute Gasteiger partial charge is 0.306 e. The van der Waals surface area contributed by atoms with Gasteiger partial charge in [0, 0.05) is 19.3 Å². The molecule has 6 heteroatoms. The lowest BCUT2D eigenvalue weighted by atomic mass is 10.0. The highest BCUT2D eigenvalue weighted by Gasteiger charge is 2.19. The molecule has 0 saturated heterocycles. The minimum Gasteiger partial charge on any atom is -0.462 e. The molecule has 0 aliphatic heterocycles. The average molecular weight is 1110 g/mol. The molecule has 0 bridgehead atoms. The van der Waals surface area contributed by atoms with Crippen molar-refractivity contribution in [2.75, 3.05) is 13.2 Å². The first kappa shape index (κ1) is 76.1. The van der Waals surface area contributed by atoms with Crippen molar-refractivity contribution in [3.8, 4) is 0 Å². The molecule has 0 aliphatic carbocycles. The molecule has 0 spiro atoms. The van der Waals surface area contributed by atoms with Crippen molar-refractivity contribution in [3.05, 3.63) is 60.8 Å². The van der Waals surface area contributed by atoms with E-state index in [9.17, 15) is 14.4 Å². The van der Waals surface area contributed by atoms with Crippen molar-refractivity contribution < 1.29 is 28.6 Å².